The molecule has 1 atom stereocenters. The minimum atomic E-state index is -3.98. The average molecular weight is 427 g/mol. The number of carbonyl (C=O) groups is 2. The molecule has 2 rings (SSSR count). The molecule has 8 nitrogen and oxygen atoms in total. The maximum atomic E-state index is 12.5. The van der Waals surface area contributed by atoms with Crippen LogP contribution in [0.15, 0.2) is 47.4 Å². The molecule has 0 spiro atoms. The van der Waals surface area contributed by atoms with Crippen molar-refractivity contribution in [2.75, 3.05) is 19.5 Å². The van der Waals surface area contributed by atoms with E-state index in [9.17, 15) is 18.0 Å². The van der Waals surface area contributed by atoms with Crippen LogP contribution >= 0.6 is 11.6 Å². The highest BCUT2D eigenvalue weighted by Gasteiger charge is 2.23. The van der Waals surface area contributed by atoms with Gasteiger partial charge in [-0.1, -0.05) is 11.6 Å². The largest absolute Gasteiger partial charge is 0.495 e. The Morgan fingerprint density at radius 3 is 2.25 bits per heavy atom. The molecule has 0 aliphatic carbocycles. The van der Waals surface area contributed by atoms with Gasteiger partial charge in [-0.05, 0) is 49.4 Å². The highest BCUT2D eigenvalue weighted by molar-refractivity contribution is 7.89. The van der Waals surface area contributed by atoms with Gasteiger partial charge in [0.25, 0.3) is 0 Å². The van der Waals surface area contributed by atoms with Crippen LogP contribution in [0.2, 0.25) is 5.02 Å². The molecule has 0 radical (unpaired) electrons. The molecule has 2 N–H and O–H groups in total. The molecular formula is C18H19ClN2O6S. The number of hydrogen-bond acceptors (Lipinski definition) is 6. The smallest absolute Gasteiger partial charge is 0.337 e. The van der Waals surface area contributed by atoms with E-state index in [4.69, 9.17) is 16.3 Å². The van der Waals surface area contributed by atoms with Crippen molar-refractivity contribution >= 4 is 39.2 Å². The Hall–Kier alpha value is -2.62. The van der Waals surface area contributed by atoms with Crippen molar-refractivity contribution in [3.8, 4) is 5.75 Å². The second-order valence-corrected chi connectivity index (χ2v) is 7.82. The zero-order chi connectivity index (χ0) is 20.9. The van der Waals surface area contributed by atoms with E-state index in [2.05, 4.69) is 14.8 Å². The fraction of sp³-hybridized carbons (Fsp3) is 0.222. The summed E-state index contributed by atoms with van der Waals surface area (Å²) in [5.41, 5.74) is 0.724. The van der Waals surface area contributed by atoms with Gasteiger partial charge >= 0.3 is 5.97 Å². The van der Waals surface area contributed by atoms with Gasteiger partial charge in [0.1, 0.15) is 5.75 Å². The molecule has 2 aromatic carbocycles. The molecule has 0 saturated carbocycles. The molecule has 28 heavy (non-hydrogen) atoms. The molecule has 0 unspecified atom stereocenters. The molecule has 2 aromatic rings. The topological polar surface area (TPSA) is 111 Å². The number of esters is 1. The van der Waals surface area contributed by atoms with Gasteiger partial charge in [-0.3, -0.25) is 4.79 Å². The van der Waals surface area contributed by atoms with E-state index in [1.807, 2.05) is 0 Å². The van der Waals surface area contributed by atoms with Crippen molar-refractivity contribution in [3.05, 3.63) is 53.1 Å². The first-order valence-electron chi connectivity index (χ1n) is 8.03. The minimum Gasteiger partial charge on any atom is -0.495 e. The summed E-state index contributed by atoms with van der Waals surface area (Å²) in [5.74, 6) is -0.743. The summed E-state index contributed by atoms with van der Waals surface area (Å²) in [6.45, 7) is 1.40. The molecule has 0 bridgehead atoms. The van der Waals surface area contributed by atoms with Crippen LogP contribution < -0.4 is 14.8 Å². The van der Waals surface area contributed by atoms with Crippen LogP contribution in [0.3, 0.4) is 0 Å². The molecule has 0 aliphatic rings. The maximum Gasteiger partial charge on any atom is 0.337 e. The van der Waals surface area contributed by atoms with E-state index < -0.39 is 27.9 Å². The van der Waals surface area contributed by atoms with Crippen molar-refractivity contribution in [2.24, 2.45) is 0 Å². The molecule has 0 aromatic heterocycles. The van der Waals surface area contributed by atoms with Gasteiger partial charge in [0.15, 0.2) is 0 Å². The number of nitrogens with one attached hydrogen (secondary N) is 2. The van der Waals surface area contributed by atoms with Crippen LogP contribution in [-0.4, -0.2) is 40.6 Å². The highest BCUT2D eigenvalue weighted by Crippen LogP contribution is 2.27. The van der Waals surface area contributed by atoms with Crippen LogP contribution in [0.4, 0.5) is 5.69 Å². The molecule has 0 saturated heterocycles. The number of halogens is 1. The van der Waals surface area contributed by atoms with Crippen LogP contribution in [0.25, 0.3) is 0 Å². The molecule has 0 fully saturated rings. The minimum absolute atomic E-state index is 0.0969. The van der Waals surface area contributed by atoms with E-state index in [1.54, 1.807) is 0 Å². The lowest BCUT2D eigenvalue weighted by Crippen LogP contribution is -2.41. The number of ether oxygens (including phenoxy) is 2. The van der Waals surface area contributed by atoms with Gasteiger partial charge in [0.2, 0.25) is 15.9 Å². The zero-order valence-electron chi connectivity index (χ0n) is 15.4. The standard InChI is InChI=1S/C18H19ClN2O6S/c1-11(17(22)20-13-6-4-12(5-7-13)18(23)27-3)21-28(24,25)14-8-9-16(26-2)15(19)10-14/h4-11,21H,1-3H3,(H,20,22)/t11-/m0/s1. The molecule has 0 heterocycles. The number of benzene rings is 2. The van der Waals surface area contributed by atoms with Gasteiger partial charge in [-0.2, -0.15) is 4.72 Å². The van der Waals surface area contributed by atoms with Gasteiger partial charge in [-0.15, -0.1) is 0 Å². The lowest BCUT2D eigenvalue weighted by molar-refractivity contribution is -0.117. The van der Waals surface area contributed by atoms with Crippen LogP contribution in [0.5, 0.6) is 5.75 Å². The van der Waals surface area contributed by atoms with Crippen molar-refractivity contribution < 1.29 is 27.5 Å². The molecule has 10 heteroatoms. The third-order valence-corrected chi connectivity index (χ3v) is 5.57. The maximum absolute atomic E-state index is 12.5. The predicted molar refractivity (Wildman–Crippen MR) is 104 cm³/mol. The van der Waals surface area contributed by atoms with Crippen LogP contribution in [0, 0.1) is 0 Å². The Bertz CT molecular complexity index is 976. The number of amides is 1. The van der Waals surface area contributed by atoms with Gasteiger partial charge in [-0.25, -0.2) is 13.2 Å². The zero-order valence-corrected chi connectivity index (χ0v) is 16.9. The summed E-state index contributed by atoms with van der Waals surface area (Å²) < 4.78 is 36.8. The predicted octanol–water partition coefficient (Wildman–Crippen LogP) is 2.44. The number of rotatable bonds is 7. The molecule has 1 amide bonds. The third-order valence-electron chi connectivity index (χ3n) is 3.73. The van der Waals surface area contributed by atoms with Gasteiger partial charge in [0, 0.05) is 5.69 Å². The van der Waals surface area contributed by atoms with Gasteiger partial charge < -0.3 is 14.8 Å². The summed E-state index contributed by atoms with van der Waals surface area (Å²) in [7, 11) is -1.30. The molecule has 150 valence electrons. The third kappa shape index (κ3) is 5.22. The summed E-state index contributed by atoms with van der Waals surface area (Å²) in [5, 5.41) is 2.70. The number of methoxy groups -OCH3 is 2. The van der Waals surface area contributed by atoms with Crippen molar-refractivity contribution in [2.45, 2.75) is 17.9 Å². The summed E-state index contributed by atoms with van der Waals surface area (Å²) in [6.07, 6.45) is 0. The highest BCUT2D eigenvalue weighted by atomic mass is 35.5. The number of hydrogen-bond donors (Lipinski definition) is 2. The number of sulfonamides is 1. The second-order valence-electron chi connectivity index (χ2n) is 5.70. The Balaban J connectivity index is 2.06. The first kappa shape index (κ1) is 21.7. The average Bonchev–Trinajstić information content (AvgIpc) is 2.67. The van der Waals surface area contributed by atoms with E-state index in [0.717, 1.165) is 0 Å². The second kappa shape index (κ2) is 9.05. The number of carbonyl (C=O) groups excluding carboxylic acids is 2. The fourth-order valence-corrected chi connectivity index (χ4v) is 3.78. The lowest BCUT2D eigenvalue weighted by atomic mass is 10.2. The Morgan fingerprint density at radius 1 is 1.07 bits per heavy atom. The van der Waals surface area contributed by atoms with Crippen molar-refractivity contribution in [1.29, 1.82) is 0 Å². The van der Waals surface area contributed by atoms with E-state index >= 15 is 0 Å². The normalized spacial score (nSPS) is 12.1. The van der Waals surface area contributed by atoms with Crippen LogP contribution in [-0.2, 0) is 19.6 Å². The first-order valence-corrected chi connectivity index (χ1v) is 9.89. The van der Waals surface area contributed by atoms with Crippen molar-refractivity contribution in [3.63, 3.8) is 0 Å². The first-order chi connectivity index (χ1) is 13.2. The van der Waals surface area contributed by atoms with E-state index in [-0.39, 0.29) is 9.92 Å². The SMILES string of the molecule is COC(=O)c1ccc(NC(=O)[C@H](C)NS(=O)(=O)c2ccc(OC)c(Cl)c2)cc1. The van der Waals surface area contributed by atoms with E-state index in [1.165, 1.54) is 63.6 Å². The Kier molecular flexibility index (Phi) is 7.00. The molecule has 0 aliphatic heterocycles. The lowest BCUT2D eigenvalue weighted by Gasteiger charge is -2.15. The Labute approximate surface area is 167 Å². The summed E-state index contributed by atoms with van der Waals surface area (Å²) >= 11 is 5.96. The molecular weight excluding hydrogens is 408 g/mol. The van der Waals surface area contributed by atoms with Crippen LogP contribution in [0.1, 0.15) is 17.3 Å². The summed E-state index contributed by atoms with van der Waals surface area (Å²) in [6, 6.07) is 8.90. The van der Waals surface area contributed by atoms with Crippen molar-refractivity contribution in [1.82, 2.24) is 4.72 Å². The number of anilines is 1. The van der Waals surface area contributed by atoms with E-state index in [0.29, 0.717) is 17.0 Å². The summed E-state index contributed by atoms with van der Waals surface area (Å²) in [4.78, 5) is 23.6. The van der Waals surface area contributed by atoms with Gasteiger partial charge in [0.05, 0.1) is 35.7 Å². The monoisotopic (exact) mass is 426 g/mol. The quantitative estimate of drug-likeness (QED) is 0.658. The fourth-order valence-electron chi connectivity index (χ4n) is 2.23. The Morgan fingerprint density at radius 2 is 1.71 bits per heavy atom.